The number of fused-ring (bicyclic) bond motifs is 1. The summed E-state index contributed by atoms with van der Waals surface area (Å²) in [6.07, 6.45) is 4.45. The van der Waals surface area contributed by atoms with E-state index in [2.05, 4.69) is 31.1 Å². The molecule has 3 heterocycles. The van der Waals surface area contributed by atoms with E-state index in [1.807, 2.05) is 37.8 Å². The van der Waals surface area contributed by atoms with Crippen LogP contribution < -0.4 is 10.9 Å². The first-order chi connectivity index (χ1) is 17.3. The van der Waals surface area contributed by atoms with E-state index < -0.39 is 11.7 Å². The molecule has 1 aliphatic heterocycles. The molecule has 1 aliphatic rings. The highest BCUT2D eigenvalue weighted by Gasteiger charge is 2.29. The van der Waals surface area contributed by atoms with Crippen molar-refractivity contribution in [3.8, 4) is 11.1 Å². The number of carbonyl (C=O) groups excluding carboxylic acids is 2. The van der Waals surface area contributed by atoms with Crippen LogP contribution in [-0.4, -0.2) is 47.1 Å². The molecule has 8 nitrogen and oxygen atoms in total. The van der Waals surface area contributed by atoms with Gasteiger partial charge in [-0.25, -0.2) is 4.79 Å². The Labute approximate surface area is 217 Å². The molecule has 37 heavy (non-hydrogen) atoms. The highest BCUT2D eigenvalue weighted by molar-refractivity contribution is 6.07. The predicted molar refractivity (Wildman–Crippen MR) is 144 cm³/mol. The van der Waals surface area contributed by atoms with Crippen LogP contribution in [0.15, 0.2) is 45.9 Å². The number of benzene rings is 1. The molecule has 0 spiro atoms. The van der Waals surface area contributed by atoms with Gasteiger partial charge in [-0.3, -0.25) is 9.59 Å². The number of likely N-dealkylation sites (tertiary alicyclic amines) is 1. The van der Waals surface area contributed by atoms with E-state index in [1.165, 1.54) is 6.26 Å². The van der Waals surface area contributed by atoms with Gasteiger partial charge in [0.2, 0.25) is 0 Å². The number of rotatable bonds is 4. The van der Waals surface area contributed by atoms with Crippen molar-refractivity contribution in [3.63, 3.8) is 0 Å². The minimum absolute atomic E-state index is 0.111. The fraction of sp³-hybridized carbons (Fsp3) is 0.483. The number of furan rings is 1. The molecule has 1 atom stereocenters. The third kappa shape index (κ3) is 6.06. The van der Waals surface area contributed by atoms with Crippen molar-refractivity contribution in [2.45, 2.75) is 65.4 Å². The van der Waals surface area contributed by atoms with Crippen molar-refractivity contribution in [1.82, 2.24) is 15.2 Å². The van der Waals surface area contributed by atoms with Gasteiger partial charge in [0.15, 0.2) is 0 Å². The van der Waals surface area contributed by atoms with Gasteiger partial charge in [-0.05, 0) is 74.8 Å². The van der Waals surface area contributed by atoms with Crippen molar-refractivity contribution in [2.75, 3.05) is 19.6 Å². The van der Waals surface area contributed by atoms with Gasteiger partial charge in [0, 0.05) is 42.3 Å². The average Bonchev–Trinajstić information content (AvgIpc) is 3.24. The molecule has 1 saturated heterocycles. The number of aromatic amines is 1. The van der Waals surface area contributed by atoms with Crippen LogP contribution in [0.4, 0.5) is 4.79 Å². The first-order valence-corrected chi connectivity index (χ1v) is 12.8. The van der Waals surface area contributed by atoms with E-state index in [4.69, 9.17) is 9.15 Å². The maximum Gasteiger partial charge on any atom is 0.407 e. The summed E-state index contributed by atoms with van der Waals surface area (Å²) < 4.78 is 11.3. The number of H-pyrrole nitrogens is 1. The number of piperidine rings is 1. The number of nitrogens with zero attached hydrogens (tertiary/aromatic N) is 1. The van der Waals surface area contributed by atoms with Crippen molar-refractivity contribution in [1.29, 1.82) is 0 Å². The lowest BCUT2D eigenvalue weighted by Gasteiger charge is -2.33. The lowest BCUT2D eigenvalue weighted by molar-refractivity contribution is 0.0503. The molecule has 0 radical (unpaired) electrons. The van der Waals surface area contributed by atoms with Crippen LogP contribution in [-0.2, 0) is 10.2 Å². The minimum atomic E-state index is -0.559. The number of hydrogen-bond donors (Lipinski definition) is 2. The smallest absolute Gasteiger partial charge is 0.407 e. The Kier molecular flexibility index (Phi) is 7.22. The Hall–Kier alpha value is -3.55. The maximum absolute atomic E-state index is 13.7. The molecular weight excluding hydrogens is 470 g/mol. The second kappa shape index (κ2) is 10.1. The zero-order valence-electron chi connectivity index (χ0n) is 22.6. The van der Waals surface area contributed by atoms with Gasteiger partial charge in [-0.1, -0.05) is 20.8 Å². The summed E-state index contributed by atoms with van der Waals surface area (Å²) in [4.78, 5) is 42.9. The summed E-state index contributed by atoms with van der Waals surface area (Å²) in [5, 5.41) is 3.54. The first-order valence-electron chi connectivity index (χ1n) is 12.8. The second-order valence-electron chi connectivity index (χ2n) is 11.9. The summed E-state index contributed by atoms with van der Waals surface area (Å²) in [5.41, 5.74) is 2.35. The van der Waals surface area contributed by atoms with Crippen LogP contribution in [0.5, 0.6) is 0 Å². The number of hydrogen-bond acceptors (Lipinski definition) is 5. The Bertz CT molecular complexity index is 1360. The Morgan fingerprint density at radius 1 is 1.19 bits per heavy atom. The van der Waals surface area contributed by atoms with Crippen LogP contribution in [0.3, 0.4) is 0 Å². The minimum Gasteiger partial charge on any atom is -0.463 e. The normalized spacial score (nSPS) is 16.6. The number of aromatic nitrogens is 1. The SMILES string of the molecule is CC(C)(C)OC(=O)NCC1CCCN(C(=O)c2coc3c(C(C)(C)C)cc(-c4ccc[nH]c4=O)cc23)C1. The topological polar surface area (TPSA) is 105 Å². The number of ether oxygens (including phenoxy) is 1. The van der Waals surface area contributed by atoms with Gasteiger partial charge in [0.1, 0.15) is 17.4 Å². The molecule has 2 N–H and O–H groups in total. The second-order valence-corrected chi connectivity index (χ2v) is 11.9. The number of pyridine rings is 1. The summed E-state index contributed by atoms with van der Waals surface area (Å²) >= 11 is 0. The molecule has 0 bridgehead atoms. The third-order valence-electron chi connectivity index (χ3n) is 6.58. The largest absolute Gasteiger partial charge is 0.463 e. The monoisotopic (exact) mass is 507 g/mol. The fourth-order valence-corrected chi connectivity index (χ4v) is 4.79. The van der Waals surface area contributed by atoms with E-state index in [1.54, 1.807) is 18.3 Å². The van der Waals surface area contributed by atoms with Gasteiger partial charge in [0.25, 0.3) is 11.5 Å². The molecule has 4 rings (SSSR count). The molecule has 2 amide bonds. The Morgan fingerprint density at radius 3 is 2.62 bits per heavy atom. The standard InChI is InChI=1S/C29H37N3O5/c1-28(2,3)23-14-19(20-10-7-11-30-25(20)33)13-21-22(17-36-24(21)23)26(34)32-12-8-9-18(16-32)15-31-27(35)37-29(4,5)6/h7,10-11,13-14,17-18H,8-9,12,15-16H2,1-6H3,(H,30,33)(H,31,35). The van der Waals surface area contributed by atoms with Crippen molar-refractivity contribution in [2.24, 2.45) is 5.92 Å². The van der Waals surface area contributed by atoms with Crippen LogP contribution >= 0.6 is 0 Å². The van der Waals surface area contributed by atoms with Gasteiger partial charge in [-0.2, -0.15) is 0 Å². The zero-order chi connectivity index (χ0) is 27.0. The Balaban J connectivity index is 1.61. The van der Waals surface area contributed by atoms with Crippen molar-refractivity contribution in [3.05, 3.63) is 58.2 Å². The molecule has 3 aromatic rings. The number of alkyl carbamates (subject to hydrolysis) is 1. The van der Waals surface area contributed by atoms with Gasteiger partial charge < -0.3 is 24.4 Å². The van der Waals surface area contributed by atoms with E-state index >= 15 is 0 Å². The lowest BCUT2D eigenvalue weighted by atomic mass is 9.84. The van der Waals surface area contributed by atoms with E-state index in [0.717, 1.165) is 24.0 Å². The van der Waals surface area contributed by atoms with Crippen LogP contribution in [0, 0.1) is 5.92 Å². The van der Waals surface area contributed by atoms with Crippen LogP contribution in [0.2, 0.25) is 0 Å². The molecule has 0 saturated carbocycles. The summed E-state index contributed by atoms with van der Waals surface area (Å²) in [7, 11) is 0. The van der Waals surface area contributed by atoms with E-state index in [-0.39, 0.29) is 22.8 Å². The predicted octanol–water partition coefficient (Wildman–Crippen LogP) is 5.46. The maximum atomic E-state index is 13.7. The zero-order valence-corrected chi connectivity index (χ0v) is 22.6. The van der Waals surface area contributed by atoms with Gasteiger partial charge >= 0.3 is 6.09 Å². The fourth-order valence-electron chi connectivity index (χ4n) is 4.79. The molecule has 1 aromatic carbocycles. The lowest BCUT2D eigenvalue weighted by Crippen LogP contribution is -2.44. The molecule has 2 aromatic heterocycles. The van der Waals surface area contributed by atoms with Gasteiger partial charge in [-0.15, -0.1) is 0 Å². The quantitative estimate of drug-likeness (QED) is 0.488. The molecule has 0 aliphatic carbocycles. The highest BCUT2D eigenvalue weighted by Crippen LogP contribution is 2.37. The van der Waals surface area contributed by atoms with Crippen LogP contribution in [0.1, 0.15) is 70.3 Å². The average molecular weight is 508 g/mol. The van der Waals surface area contributed by atoms with E-state index in [9.17, 15) is 14.4 Å². The molecule has 1 fully saturated rings. The molecular formula is C29H37N3O5. The first kappa shape index (κ1) is 26.5. The molecule has 8 heteroatoms. The highest BCUT2D eigenvalue weighted by atomic mass is 16.6. The third-order valence-corrected chi connectivity index (χ3v) is 6.58. The summed E-state index contributed by atoms with van der Waals surface area (Å²) in [6, 6.07) is 7.42. The molecule has 198 valence electrons. The van der Waals surface area contributed by atoms with Crippen molar-refractivity contribution >= 4 is 23.0 Å². The number of amides is 2. The van der Waals surface area contributed by atoms with Crippen molar-refractivity contribution < 1.29 is 18.7 Å². The van der Waals surface area contributed by atoms with Gasteiger partial charge in [0.05, 0.1) is 5.56 Å². The number of carbonyl (C=O) groups is 2. The summed E-state index contributed by atoms with van der Waals surface area (Å²) in [6.45, 7) is 13.3. The number of nitrogens with one attached hydrogen (secondary N) is 2. The van der Waals surface area contributed by atoms with E-state index in [0.29, 0.717) is 41.7 Å². The van der Waals surface area contributed by atoms with Crippen LogP contribution in [0.25, 0.3) is 22.1 Å². The Morgan fingerprint density at radius 2 is 1.95 bits per heavy atom. The summed E-state index contributed by atoms with van der Waals surface area (Å²) in [5.74, 6) is 0.0201. The molecule has 1 unspecified atom stereocenters.